The van der Waals surface area contributed by atoms with Crippen LogP contribution in [0.2, 0.25) is 0 Å². The van der Waals surface area contributed by atoms with Crippen LogP contribution in [-0.2, 0) is 0 Å². The highest BCUT2D eigenvalue weighted by atomic mass is 19.1. The van der Waals surface area contributed by atoms with E-state index in [9.17, 15) is 4.39 Å². The van der Waals surface area contributed by atoms with Crippen molar-refractivity contribution in [3.8, 4) is 17.2 Å². The summed E-state index contributed by atoms with van der Waals surface area (Å²) in [7, 11) is 0. The van der Waals surface area contributed by atoms with Gasteiger partial charge in [0.15, 0.2) is 11.5 Å². The molecule has 0 bridgehead atoms. The maximum atomic E-state index is 13.2. The van der Waals surface area contributed by atoms with Crippen LogP contribution in [0.5, 0.6) is 17.2 Å². The number of anilines is 1. The monoisotopic (exact) mass is 332 g/mol. The highest BCUT2D eigenvalue weighted by Crippen LogP contribution is 2.31. The van der Waals surface area contributed by atoms with E-state index < -0.39 is 0 Å². The van der Waals surface area contributed by atoms with Crippen LogP contribution in [-0.4, -0.2) is 32.4 Å². The summed E-state index contributed by atoms with van der Waals surface area (Å²) in [6.45, 7) is 2.48. The second-order valence-electron chi connectivity index (χ2n) is 5.62. The van der Waals surface area contributed by atoms with Gasteiger partial charge in [-0.25, -0.2) is 4.39 Å². The molecule has 3 rings (SSSR count). The Morgan fingerprint density at radius 1 is 1.21 bits per heavy atom. The normalized spacial score (nSPS) is 16.0. The molecule has 6 heteroatoms. The number of hydrogen-bond donors (Lipinski definition) is 2. The van der Waals surface area contributed by atoms with Crippen molar-refractivity contribution in [2.24, 2.45) is 0 Å². The van der Waals surface area contributed by atoms with Crippen molar-refractivity contribution in [2.75, 3.05) is 32.0 Å². The van der Waals surface area contributed by atoms with Gasteiger partial charge in [0.1, 0.15) is 24.3 Å². The fourth-order valence-corrected chi connectivity index (χ4v) is 2.44. The fourth-order valence-electron chi connectivity index (χ4n) is 2.44. The lowest BCUT2D eigenvalue weighted by atomic mass is 10.2. The zero-order valence-electron chi connectivity index (χ0n) is 13.3. The first-order valence-corrected chi connectivity index (χ1v) is 7.99. The summed E-state index contributed by atoms with van der Waals surface area (Å²) in [5.74, 6) is 1.49. The van der Waals surface area contributed by atoms with E-state index in [0.29, 0.717) is 36.9 Å². The van der Waals surface area contributed by atoms with Gasteiger partial charge in [-0.3, -0.25) is 0 Å². The lowest BCUT2D eigenvalue weighted by Crippen LogP contribution is -2.39. The molecular formula is C18H21FN2O3. The molecule has 0 aromatic heterocycles. The summed E-state index contributed by atoms with van der Waals surface area (Å²) in [6.07, 6.45) is 0.724. The Labute approximate surface area is 140 Å². The Morgan fingerprint density at radius 2 is 2.12 bits per heavy atom. The summed E-state index contributed by atoms with van der Waals surface area (Å²) in [5.41, 5.74) is 6.39. The summed E-state index contributed by atoms with van der Waals surface area (Å²) in [5, 5.41) is 3.29. The zero-order chi connectivity index (χ0) is 16.8. The molecule has 24 heavy (non-hydrogen) atoms. The summed E-state index contributed by atoms with van der Waals surface area (Å²) >= 11 is 0. The quantitative estimate of drug-likeness (QED) is 0.603. The average Bonchev–Trinajstić information content (AvgIpc) is 2.57. The maximum Gasteiger partial charge on any atom is 0.164 e. The van der Waals surface area contributed by atoms with Crippen LogP contribution in [0, 0.1) is 5.82 Å². The standard InChI is InChI=1S/C18H21FN2O3/c19-13-5-6-17-18(9-13)24-16(12-23-17)11-21-7-2-8-22-15-4-1-3-14(20)10-15/h1,3-6,9-10,16,21H,2,7-8,11-12,20H2. The largest absolute Gasteiger partial charge is 0.493 e. The predicted molar refractivity (Wildman–Crippen MR) is 90.1 cm³/mol. The van der Waals surface area contributed by atoms with Gasteiger partial charge in [0, 0.05) is 24.4 Å². The van der Waals surface area contributed by atoms with E-state index in [4.69, 9.17) is 19.9 Å². The van der Waals surface area contributed by atoms with Gasteiger partial charge in [0.05, 0.1) is 6.61 Å². The first-order valence-electron chi connectivity index (χ1n) is 7.99. The van der Waals surface area contributed by atoms with Crippen molar-refractivity contribution >= 4 is 5.69 Å². The SMILES string of the molecule is Nc1cccc(OCCCNCC2COc3ccc(F)cc3O2)c1. The molecule has 1 aliphatic heterocycles. The molecule has 1 aliphatic rings. The van der Waals surface area contributed by atoms with Crippen molar-refractivity contribution in [3.05, 3.63) is 48.3 Å². The number of halogens is 1. The molecular weight excluding hydrogens is 311 g/mol. The molecule has 2 aromatic carbocycles. The van der Waals surface area contributed by atoms with Gasteiger partial charge in [0.2, 0.25) is 0 Å². The van der Waals surface area contributed by atoms with E-state index in [-0.39, 0.29) is 11.9 Å². The van der Waals surface area contributed by atoms with Crippen molar-refractivity contribution < 1.29 is 18.6 Å². The third-order valence-corrected chi connectivity index (χ3v) is 3.62. The van der Waals surface area contributed by atoms with Crippen molar-refractivity contribution in [3.63, 3.8) is 0 Å². The van der Waals surface area contributed by atoms with Crippen LogP contribution >= 0.6 is 0 Å². The van der Waals surface area contributed by atoms with Gasteiger partial charge in [-0.2, -0.15) is 0 Å². The Morgan fingerprint density at radius 3 is 3.00 bits per heavy atom. The molecule has 2 aromatic rings. The molecule has 128 valence electrons. The Hall–Kier alpha value is -2.47. The van der Waals surface area contributed by atoms with Crippen LogP contribution in [0.1, 0.15) is 6.42 Å². The number of benzene rings is 2. The topological polar surface area (TPSA) is 65.7 Å². The van der Waals surface area contributed by atoms with Gasteiger partial charge in [-0.15, -0.1) is 0 Å². The highest BCUT2D eigenvalue weighted by molar-refractivity contribution is 5.43. The van der Waals surface area contributed by atoms with E-state index in [1.54, 1.807) is 12.1 Å². The second kappa shape index (κ2) is 7.88. The van der Waals surface area contributed by atoms with E-state index >= 15 is 0 Å². The number of rotatable bonds is 7. The second-order valence-corrected chi connectivity index (χ2v) is 5.62. The third-order valence-electron chi connectivity index (χ3n) is 3.62. The molecule has 0 saturated carbocycles. The fraction of sp³-hybridized carbons (Fsp3) is 0.333. The number of nitrogen functional groups attached to an aromatic ring is 1. The van der Waals surface area contributed by atoms with Crippen LogP contribution in [0.4, 0.5) is 10.1 Å². The van der Waals surface area contributed by atoms with Gasteiger partial charge in [-0.05, 0) is 37.2 Å². The van der Waals surface area contributed by atoms with Gasteiger partial charge >= 0.3 is 0 Å². The van der Waals surface area contributed by atoms with Gasteiger partial charge in [-0.1, -0.05) is 6.07 Å². The average molecular weight is 332 g/mol. The molecule has 0 saturated heterocycles. The lowest BCUT2D eigenvalue weighted by molar-refractivity contribution is 0.0897. The summed E-state index contributed by atoms with van der Waals surface area (Å²) < 4.78 is 30.1. The van der Waals surface area contributed by atoms with Gasteiger partial charge < -0.3 is 25.3 Å². The molecule has 0 radical (unpaired) electrons. The van der Waals surface area contributed by atoms with Crippen LogP contribution in [0.25, 0.3) is 0 Å². The molecule has 1 atom stereocenters. The number of hydrogen-bond acceptors (Lipinski definition) is 5. The molecule has 0 spiro atoms. The predicted octanol–water partition coefficient (Wildman–Crippen LogP) is 2.61. The van der Waals surface area contributed by atoms with Crippen molar-refractivity contribution in [2.45, 2.75) is 12.5 Å². The van der Waals surface area contributed by atoms with E-state index in [1.807, 2.05) is 18.2 Å². The molecule has 0 amide bonds. The third kappa shape index (κ3) is 4.52. The molecule has 1 heterocycles. The number of fused-ring (bicyclic) bond motifs is 1. The molecule has 0 fully saturated rings. The van der Waals surface area contributed by atoms with Crippen molar-refractivity contribution in [1.82, 2.24) is 5.32 Å². The highest BCUT2D eigenvalue weighted by Gasteiger charge is 2.20. The maximum absolute atomic E-state index is 13.2. The number of nitrogens with two attached hydrogens (primary N) is 1. The smallest absolute Gasteiger partial charge is 0.164 e. The van der Waals surface area contributed by atoms with E-state index in [1.165, 1.54) is 12.1 Å². The molecule has 1 unspecified atom stereocenters. The molecule has 0 aliphatic carbocycles. The first kappa shape index (κ1) is 16.4. The number of ether oxygens (including phenoxy) is 3. The summed E-state index contributed by atoms with van der Waals surface area (Å²) in [4.78, 5) is 0. The minimum absolute atomic E-state index is 0.130. The van der Waals surface area contributed by atoms with Crippen LogP contribution < -0.4 is 25.3 Å². The van der Waals surface area contributed by atoms with E-state index in [2.05, 4.69) is 5.32 Å². The summed E-state index contributed by atoms with van der Waals surface area (Å²) in [6, 6.07) is 11.7. The van der Waals surface area contributed by atoms with Gasteiger partial charge in [0.25, 0.3) is 0 Å². The van der Waals surface area contributed by atoms with E-state index in [0.717, 1.165) is 18.7 Å². The Bertz CT molecular complexity index is 681. The lowest BCUT2D eigenvalue weighted by Gasteiger charge is -2.26. The molecule has 3 N–H and O–H groups in total. The van der Waals surface area contributed by atoms with Crippen LogP contribution in [0.15, 0.2) is 42.5 Å². The minimum atomic E-state index is -0.329. The zero-order valence-corrected chi connectivity index (χ0v) is 13.3. The Balaban J connectivity index is 1.33. The van der Waals surface area contributed by atoms with Crippen LogP contribution in [0.3, 0.4) is 0 Å². The first-order chi connectivity index (χ1) is 11.7. The Kier molecular flexibility index (Phi) is 5.38. The number of nitrogens with one attached hydrogen (secondary N) is 1. The van der Waals surface area contributed by atoms with Crippen molar-refractivity contribution in [1.29, 1.82) is 0 Å². The minimum Gasteiger partial charge on any atom is -0.493 e. The molecule has 5 nitrogen and oxygen atoms in total.